The van der Waals surface area contributed by atoms with Crippen LogP contribution in [0.15, 0.2) is 47.1 Å². The molecule has 1 atom stereocenters. The van der Waals surface area contributed by atoms with Gasteiger partial charge in [-0.2, -0.15) is 0 Å². The fourth-order valence-electron chi connectivity index (χ4n) is 5.70. The Kier molecular flexibility index (Phi) is 8.77. The maximum absolute atomic E-state index is 13.3. The van der Waals surface area contributed by atoms with Crippen LogP contribution >= 0.6 is 12.2 Å². The van der Waals surface area contributed by atoms with Gasteiger partial charge in [-0.05, 0) is 74.3 Å². The summed E-state index contributed by atoms with van der Waals surface area (Å²) in [6.45, 7) is 11.1. The Morgan fingerprint density at radius 3 is 2.54 bits per heavy atom. The molecule has 8 nitrogen and oxygen atoms in total. The van der Waals surface area contributed by atoms with E-state index >= 15 is 0 Å². The zero-order chi connectivity index (χ0) is 27.4. The Labute approximate surface area is 237 Å². The number of unbranched alkanes of at least 4 members (excludes halogenated alkanes) is 2. The molecule has 208 valence electrons. The van der Waals surface area contributed by atoms with Gasteiger partial charge in [0.1, 0.15) is 5.92 Å². The second-order valence-corrected chi connectivity index (χ2v) is 11.1. The highest BCUT2D eigenvalue weighted by atomic mass is 32.1. The fourth-order valence-corrected chi connectivity index (χ4v) is 5.99. The molecule has 0 bridgehead atoms. The average Bonchev–Trinajstić information content (AvgIpc) is 2.96. The molecule has 0 spiro atoms. The van der Waals surface area contributed by atoms with Gasteiger partial charge in [-0.15, -0.1) is 0 Å². The third kappa shape index (κ3) is 6.41. The van der Waals surface area contributed by atoms with Gasteiger partial charge >= 0.3 is 0 Å². The number of carbonyl (C=O) groups excluding carboxylic acids is 2. The van der Waals surface area contributed by atoms with Crippen LogP contribution in [0.3, 0.4) is 0 Å². The minimum absolute atomic E-state index is 0.00194. The molecule has 1 aromatic rings. The van der Waals surface area contributed by atoms with Crippen molar-refractivity contribution in [1.82, 2.24) is 14.7 Å². The first-order chi connectivity index (χ1) is 18.9. The van der Waals surface area contributed by atoms with Crippen LogP contribution in [0.1, 0.15) is 36.8 Å². The summed E-state index contributed by atoms with van der Waals surface area (Å²) in [5, 5.41) is 0.344. The Balaban J connectivity index is 1.05. The van der Waals surface area contributed by atoms with Gasteiger partial charge in [0.15, 0.2) is 0 Å². The third-order valence-electron chi connectivity index (χ3n) is 8.05. The number of amides is 2. The number of rotatable bonds is 8. The highest BCUT2D eigenvalue weighted by Crippen LogP contribution is 2.26. The number of allylic oxidation sites excluding steroid dienone is 2. The van der Waals surface area contributed by atoms with Crippen LogP contribution in [0.4, 0.5) is 5.69 Å². The summed E-state index contributed by atoms with van der Waals surface area (Å²) in [6.07, 6.45) is 8.98. The fraction of sp³-hybridized carbons (Fsp3) is 0.533. The van der Waals surface area contributed by atoms with Crippen molar-refractivity contribution in [3.8, 4) is 0 Å². The SMILES string of the molecule is Cc1ccc(C)c(N2CCN(C(=O)CCCCCN3C(=O)C4C=C(N5CCOCC5)C=CC4=NC3=S)CC2)c1. The van der Waals surface area contributed by atoms with Gasteiger partial charge in [0.2, 0.25) is 16.9 Å². The van der Waals surface area contributed by atoms with Crippen LogP contribution < -0.4 is 4.90 Å². The molecule has 39 heavy (non-hydrogen) atoms. The van der Waals surface area contributed by atoms with Crippen molar-refractivity contribution in [3.63, 3.8) is 0 Å². The van der Waals surface area contributed by atoms with Gasteiger partial charge in [0.25, 0.3) is 0 Å². The number of morpholine rings is 1. The van der Waals surface area contributed by atoms with Gasteiger partial charge in [-0.25, -0.2) is 4.99 Å². The number of piperazine rings is 1. The lowest BCUT2D eigenvalue weighted by Crippen LogP contribution is -2.49. The summed E-state index contributed by atoms with van der Waals surface area (Å²) >= 11 is 5.46. The largest absolute Gasteiger partial charge is 0.378 e. The van der Waals surface area contributed by atoms with E-state index in [0.717, 1.165) is 69.9 Å². The van der Waals surface area contributed by atoms with E-state index in [1.54, 1.807) is 4.90 Å². The van der Waals surface area contributed by atoms with E-state index in [2.05, 4.69) is 46.8 Å². The number of ether oxygens (including phenoxy) is 1. The molecule has 3 heterocycles. The van der Waals surface area contributed by atoms with Crippen LogP contribution in [-0.2, 0) is 14.3 Å². The molecule has 3 aliphatic heterocycles. The molecule has 9 heteroatoms. The first-order valence-electron chi connectivity index (χ1n) is 14.2. The molecule has 1 unspecified atom stereocenters. The predicted octanol–water partition coefficient (Wildman–Crippen LogP) is 3.48. The normalized spacial score (nSPS) is 21.6. The molecular weight excluding hydrogens is 510 g/mol. The Morgan fingerprint density at radius 1 is 1.00 bits per heavy atom. The highest BCUT2D eigenvalue weighted by Gasteiger charge is 2.35. The lowest BCUT2D eigenvalue weighted by atomic mass is 9.93. The van der Waals surface area contributed by atoms with Crippen molar-refractivity contribution in [2.24, 2.45) is 10.9 Å². The van der Waals surface area contributed by atoms with E-state index in [-0.39, 0.29) is 17.7 Å². The number of aliphatic imine (C=N–C) groups is 1. The van der Waals surface area contributed by atoms with Gasteiger partial charge in [0, 0.05) is 63.6 Å². The van der Waals surface area contributed by atoms with Crippen LogP contribution in [-0.4, -0.2) is 96.4 Å². The molecule has 4 aliphatic rings. The summed E-state index contributed by atoms with van der Waals surface area (Å²) in [5.41, 5.74) is 5.60. The Morgan fingerprint density at radius 2 is 1.77 bits per heavy atom. The number of aryl methyl sites for hydroxylation is 2. The van der Waals surface area contributed by atoms with Crippen LogP contribution in [0.2, 0.25) is 0 Å². The maximum atomic E-state index is 13.3. The highest BCUT2D eigenvalue weighted by molar-refractivity contribution is 7.80. The first kappa shape index (κ1) is 27.5. The monoisotopic (exact) mass is 549 g/mol. The molecule has 1 aromatic carbocycles. The van der Waals surface area contributed by atoms with Gasteiger partial charge in [-0.1, -0.05) is 18.6 Å². The minimum Gasteiger partial charge on any atom is -0.378 e. The van der Waals surface area contributed by atoms with E-state index in [1.165, 1.54) is 16.8 Å². The van der Waals surface area contributed by atoms with Crippen molar-refractivity contribution < 1.29 is 14.3 Å². The lowest BCUT2D eigenvalue weighted by molar-refractivity contribution is -0.132. The van der Waals surface area contributed by atoms with Crippen LogP contribution in [0.25, 0.3) is 0 Å². The zero-order valence-electron chi connectivity index (χ0n) is 23.1. The predicted molar refractivity (Wildman–Crippen MR) is 158 cm³/mol. The van der Waals surface area contributed by atoms with Crippen molar-refractivity contribution >= 4 is 40.5 Å². The van der Waals surface area contributed by atoms with Gasteiger partial charge in [-0.3, -0.25) is 14.5 Å². The molecule has 5 rings (SSSR count). The number of anilines is 1. The van der Waals surface area contributed by atoms with E-state index in [0.29, 0.717) is 31.3 Å². The van der Waals surface area contributed by atoms with Crippen molar-refractivity contribution in [2.45, 2.75) is 39.5 Å². The van der Waals surface area contributed by atoms with E-state index in [9.17, 15) is 9.59 Å². The molecule has 0 saturated carbocycles. The second-order valence-electron chi connectivity index (χ2n) is 10.8. The Hall–Kier alpha value is -3.04. The second kappa shape index (κ2) is 12.4. The molecule has 2 saturated heterocycles. The number of thiocarbonyl (C=S) groups is 1. The molecule has 0 N–H and O–H groups in total. The average molecular weight is 550 g/mol. The van der Waals surface area contributed by atoms with Crippen molar-refractivity contribution in [1.29, 1.82) is 0 Å². The number of fused-ring (bicyclic) bond motifs is 1. The summed E-state index contributed by atoms with van der Waals surface area (Å²) < 4.78 is 5.46. The molecule has 2 fully saturated rings. The number of carbonyl (C=O) groups is 2. The first-order valence-corrected chi connectivity index (χ1v) is 14.6. The quantitative estimate of drug-likeness (QED) is 0.365. The summed E-state index contributed by atoms with van der Waals surface area (Å²) in [4.78, 5) is 39.0. The third-order valence-corrected chi connectivity index (χ3v) is 8.37. The van der Waals surface area contributed by atoms with Gasteiger partial charge < -0.3 is 19.4 Å². The standard InChI is InChI=1S/C30H39N5O3S/c1-22-7-8-23(2)27(20-22)33-12-14-34(15-13-33)28(36)6-4-3-5-11-35-29(37)25-21-24(32-16-18-38-19-17-32)9-10-26(25)31-30(35)39/h7-10,20-21,25H,3-6,11-19H2,1-2H3. The molecule has 0 aromatic heterocycles. The number of benzene rings is 1. The molecule has 0 radical (unpaired) electrons. The van der Waals surface area contributed by atoms with E-state index in [1.807, 2.05) is 23.1 Å². The van der Waals surface area contributed by atoms with Gasteiger partial charge in [0.05, 0.1) is 18.9 Å². The number of hydrogen-bond donors (Lipinski definition) is 0. The minimum atomic E-state index is -0.386. The maximum Gasteiger partial charge on any atom is 0.241 e. The molecule has 1 aliphatic carbocycles. The molecular formula is C30H39N5O3S. The number of nitrogens with zero attached hydrogens (tertiary/aromatic N) is 5. The smallest absolute Gasteiger partial charge is 0.241 e. The molecule has 2 amide bonds. The zero-order valence-corrected chi connectivity index (χ0v) is 23.9. The number of hydrogen-bond acceptors (Lipinski definition) is 6. The van der Waals surface area contributed by atoms with Crippen LogP contribution in [0.5, 0.6) is 0 Å². The van der Waals surface area contributed by atoms with E-state index < -0.39 is 0 Å². The Bertz CT molecular complexity index is 1190. The summed E-state index contributed by atoms with van der Waals surface area (Å²) in [7, 11) is 0. The summed E-state index contributed by atoms with van der Waals surface area (Å²) in [6, 6.07) is 6.55. The van der Waals surface area contributed by atoms with Crippen molar-refractivity contribution in [3.05, 3.63) is 53.3 Å². The van der Waals surface area contributed by atoms with E-state index in [4.69, 9.17) is 17.0 Å². The lowest BCUT2D eigenvalue weighted by Gasteiger charge is -2.37. The summed E-state index contributed by atoms with van der Waals surface area (Å²) in [5.74, 6) is -0.162. The topological polar surface area (TPSA) is 68.7 Å². The van der Waals surface area contributed by atoms with Crippen LogP contribution in [0, 0.1) is 19.8 Å². The van der Waals surface area contributed by atoms with Crippen molar-refractivity contribution in [2.75, 3.05) is 63.9 Å².